The second kappa shape index (κ2) is 7.79. The highest BCUT2D eigenvalue weighted by atomic mass is 16.5. The van der Waals surface area contributed by atoms with Gasteiger partial charge in [0.2, 0.25) is 0 Å². The quantitative estimate of drug-likeness (QED) is 0.820. The number of nitrogens with zero attached hydrogens (tertiary/aromatic N) is 2. The first kappa shape index (κ1) is 17.0. The number of carbonyl (C=O) groups is 2. The maximum absolute atomic E-state index is 12.3. The number of hydrogen-bond donors (Lipinski definition) is 1. The van der Waals surface area contributed by atoms with E-state index in [9.17, 15) is 9.59 Å². The average Bonchev–Trinajstić information content (AvgIpc) is 2.64. The SMILES string of the molecule is CCCCCN1C(=O)COc2ccc(NC(=O)c3cccnc3)cc21. The van der Waals surface area contributed by atoms with Crippen LogP contribution in [0.4, 0.5) is 11.4 Å². The van der Waals surface area contributed by atoms with Crippen LogP contribution < -0.4 is 15.0 Å². The molecule has 0 aliphatic carbocycles. The number of hydrogen-bond acceptors (Lipinski definition) is 4. The molecule has 0 bridgehead atoms. The highest BCUT2D eigenvalue weighted by molar-refractivity contribution is 6.05. The van der Waals surface area contributed by atoms with Gasteiger partial charge in [0.15, 0.2) is 6.61 Å². The molecule has 1 aromatic carbocycles. The average molecular weight is 339 g/mol. The highest BCUT2D eigenvalue weighted by Crippen LogP contribution is 2.34. The van der Waals surface area contributed by atoms with Crippen LogP contribution in [0, 0.1) is 0 Å². The molecule has 1 aliphatic heterocycles. The first-order chi connectivity index (χ1) is 12.2. The summed E-state index contributed by atoms with van der Waals surface area (Å²) in [7, 11) is 0. The molecule has 0 unspecified atom stereocenters. The largest absolute Gasteiger partial charge is 0.482 e. The smallest absolute Gasteiger partial charge is 0.265 e. The molecule has 0 spiro atoms. The summed E-state index contributed by atoms with van der Waals surface area (Å²) in [6.45, 7) is 2.84. The lowest BCUT2D eigenvalue weighted by molar-refractivity contribution is -0.121. The number of aromatic nitrogens is 1. The van der Waals surface area contributed by atoms with E-state index in [2.05, 4.69) is 17.2 Å². The number of fused-ring (bicyclic) bond motifs is 1. The molecular formula is C19H21N3O3. The third-order valence-electron chi connectivity index (χ3n) is 4.07. The number of amides is 2. The lowest BCUT2D eigenvalue weighted by Crippen LogP contribution is -2.39. The van der Waals surface area contributed by atoms with Crippen LogP contribution in [0.1, 0.15) is 36.5 Å². The van der Waals surface area contributed by atoms with Gasteiger partial charge in [-0.2, -0.15) is 0 Å². The van der Waals surface area contributed by atoms with Gasteiger partial charge in [-0.15, -0.1) is 0 Å². The Morgan fingerprint density at radius 1 is 1.32 bits per heavy atom. The summed E-state index contributed by atoms with van der Waals surface area (Å²) < 4.78 is 5.50. The first-order valence-corrected chi connectivity index (χ1v) is 8.47. The number of unbranched alkanes of at least 4 members (excludes halogenated alkanes) is 2. The predicted molar refractivity (Wildman–Crippen MR) is 96.0 cm³/mol. The number of carbonyl (C=O) groups excluding carboxylic acids is 2. The third kappa shape index (κ3) is 3.96. The number of rotatable bonds is 6. The van der Waals surface area contributed by atoms with Crippen LogP contribution >= 0.6 is 0 Å². The molecule has 1 aliphatic rings. The van der Waals surface area contributed by atoms with Crippen molar-refractivity contribution in [1.82, 2.24) is 4.98 Å². The molecule has 6 heteroatoms. The fraction of sp³-hybridized carbons (Fsp3) is 0.316. The normalized spacial score (nSPS) is 13.2. The van der Waals surface area contributed by atoms with Gasteiger partial charge in [0.05, 0.1) is 11.3 Å². The Morgan fingerprint density at radius 3 is 2.96 bits per heavy atom. The van der Waals surface area contributed by atoms with E-state index >= 15 is 0 Å². The van der Waals surface area contributed by atoms with Crippen molar-refractivity contribution in [3.05, 3.63) is 48.3 Å². The van der Waals surface area contributed by atoms with E-state index < -0.39 is 0 Å². The zero-order valence-corrected chi connectivity index (χ0v) is 14.2. The summed E-state index contributed by atoms with van der Waals surface area (Å²) >= 11 is 0. The third-order valence-corrected chi connectivity index (χ3v) is 4.07. The Kier molecular flexibility index (Phi) is 5.28. The van der Waals surface area contributed by atoms with E-state index in [-0.39, 0.29) is 18.4 Å². The van der Waals surface area contributed by atoms with Crippen LogP contribution in [0.25, 0.3) is 0 Å². The maximum atomic E-state index is 12.3. The van der Waals surface area contributed by atoms with E-state index in [1.807, 2.05) is 0 Å². The van der Waals surface area contributed by atoms with Crippen LogP contribution in [0.15, 0.2) is 42.7 Å². The van der Waals surface area contributed by atoms with Crippen LogP contribution in [0.3, 0.4) is 0 Å². The van der Waals surface area contributed by atoms with Crippen LogP contribution in [0.2, 0.25) is 0 Å². The molecule has 0 saturated carbocycles. The van der Waals surface area contributed by atoms with Crippen LogP contribution in [-0.2, 0) is 4.79 Å². The van der Waals surface area contributed by atoms with Crippen molar-refractivity contribution in [3.63, 3.8) is 0 Å². The Morgan fingerprint density at radius 2 is 2.20 bits per heavy atom. The van der Waals surface area contributed by atoms with Gasteiger partial charge in [-0.05, 0) is 36.8 Å². The number of anilines is 2. The standard InChI is InChI=1S/C19H21N3O3/c1-2-3-4-10-22-16-11-15(7-8-17(16)25-13-18(22)23)21-19(24)14-6-5-9-20-12-14/h5-9,11-12H,2-4,10,13H2,1H3,(H,21,24). The molecule has 0 fully saturated rings. The zero-order chi connectivity index (χ0) is 17.6. The Balaban J connectivity index is 1.79. The summed E-state index contributed by atoms with van der Waals surface area (Å²) in [6.07, 6.45) is 6.22. The van der Waals surface area contributed by atoms with E-state index in [0.717, 1.165) is 19.3 Å². The van der Waals surface area contributed by atoms with Crippen molar-refractivity contribution < 1.29 is 14.3 Å². The van der Waals surface area contributed by atoms with Gasteiger partial charge >= 0.3 is 0 Å². The molecule has 3 rings (SSSR count). The number of ether oxygens (including phenoxy) is 1. The van der Waals surface area contributed by atoms with Crippen molar-refractivity contribution in [3.8, 4) is 5.75 Å². The van der Waals surface area contributed by atoms with Crippen LogP contribution in [0.5, 0.6) is 5.75 Å². The number of benzene rings is 1. The summed E-state index contributed by atoms with van der Waals surface area (Å²) in [5, 5.41) is 2.84. The fourth-order valence-electron chi connectivity index (χ4n) is 2.75. The molecule has 1 N–H and O–H groups in total. The van der Waals surface area contributed by atoms with E-state index in [1.54, 1.807) is 41.4 Å². The van der Waals surface area contributed by atoms with Crippen molar-refractivity contribution in [2.75, 3.05) is 23.4 Å². The molecule has 0 saturated heterocycles. The fourth-order valence-corrected chi connectivity index (χ4v) is 2.75. The summed E-state index contributed by atoms with van der Waals surface area (Å²) in [4.78, 5) is 30.2. The molecule has 2 aromatic rings. The lowest BCUT2D eigenvalue weighted by atomic mass is 10.1. The molecule has 25 heavy (non-hydrogen) atoms. The zero-order valence-electron chi connectivity index (χ0n) is 14.2. The second-order valence-electron chi connectivity index (χ2n) is 5.92. The van der Waals surface area contributed by atoms with Gasteiger partial charge in [0, 0.05) is 24.6 Å². The van der Waals surface area contributed by atoms with Crippen molar-refractivity contribution in [1.29, 1.82) is 0 Å². The van der Waals surface area contributed by atoms with Gasteiger partial charge in [-0.1, -0.05) is 19.8 Å². The van der Waals surface area contributed by atoms with E-state index in [1.165, 1.54) is 6.20 Å². The molecule has 0 atom stereocenters. The van der Waals surface area contributed by atoms with Gasteiger partial charge < -0.3 is 15.0 Å². The van der Waals surface area contributed by atoms with Crippen molar-refractivity contribution in [2.45, 2.75) is 26.2 Å². The Labute approximate surface area is 146 Å². The number of pyridine rings is 1. The molecular weight excluding hydrogens is 318 g/mol. The first-order valence-electron chi connectivity index (χ1n) is 8.47. The summed E-state index contributed by atoms with van der Waals surface area (Å²) in [5.41, 5.74) is 1.80. The maximum Gasteiger partial charge on any atom is 0.265 e. The Bertz CT molecular complexity index is 762. The van der Waals surface area contributed by atoms with Crippen molar-refractivity contribution >= 4 is 23.2 Å². The molecule has 2 heterocycles. The highest BCUT2D eigenvalue weighted by Gasteiger charge is 2.25. The molecule has 0 radical (unpaired) electrons. The summed E-state index contributed by atoms with van der Waals surface area (Å²) in [6, 6.07) is 8.75. The van der Waals surface area contributed by atoms with Gasteiger partial charge in [-0.3, -0.25) is 14.6 Å². The van der Waals surface area contributed by atoms with Gasteiger partial charge in [-0.25, -0.2) is 0 Å². The minimum Gasteiger partial charge on any atom is -0.482 e. The van der Waals surface area contributed by atoms with Crippen LogP contribution in [-0.4, -0.2) is 29.9 Å². The second-order valence-corrected chi connectivity index (χ2v) is 5.92. The van der Waals surface area contributed by atoms with E-state index in [4.69, 9.17) is 4.74 Å². The summed E-state index contributed by atoms with van der Waals surface area (Å²) in [5.74, 6) is 0.364. The minimum atomic E-state index is -0.242. The topological polar surface area (TPSA) is 71.5 Å². The van der Waals surface area contributed by atoms with Gasteiger partial charge in [0.1, 0.15) is 5.75 Å². The molecule has 130 valence electrons. The Hall–Kier alpha value is -2.89. The molecule has 6 nitrogen and oxygen atoms in total. The lowest BCUT2D eigenvalue weighted by Gasteiger charge is -2.29. The molecule has 2 amide bonds. The molecule has 1 aromatic heterocycles. The van der Waals surface area contributed by atoms with Crippen molar-refractivity contribution in [2.24, 2.45) is 0 Å². The predicted octanol–water partition coefficient (Wildman–Crippen LogP) is 3.25. The van der Waals surface area contributed by atoms with Gasteiger partial charge in [0.25, 0.3) is 11.8 Å². The van der Waals surface area contributed by atoms with E-state index in [0.29, 0.717) is 29.2 Å². The minimum absolute atomic E-state index is 0.0561. The monoisotopic (exact) mass is 339 g/mol. The number of nitrogens with one attached hydrogen (secondary N) is 1.